The van der Waals surface area contributed by atoms with E-state index in [2.05, 4.69) is 11.9 Å². The van der Waals surface area contributed by atoms with Crippen molar-refractivity contribution in [3.8, 4) is 11.5 Å². The van der Waals surface area contributed by atoms with E-state index >= 15 is 0 Å². The Hall–Kier alpha value is -2.22. The van der Waals surface area contributed by atoms with Crippen LogP contribution in [-0.4, -0.2) is 32.9 Å². The molecule has 2 aliphatic rings. The standard InChI is InChI=1S/C25H31ClN2O4S/c1-15(16-5-3-4-9-28-10-8-16)19-14-20-21(11-17(27)12-23(20)29)25(19)32-24-7-6-18(13-22(24)26)33(2,30)31/h6-7,11-13,16,19,25,28-29H,1,3-5,8-10,14,27H2,2H3. The fourth-order valence-electron chi connectivity index (χ4n) is 5.00. The number of ether oxygens (including phenoxy) is 1. The lowest BCUT2D eigenvalue weighted by molar-refractivity contribution is 0.159. The molecule has 0 bridgehead atoms. The number of nitrogen functional groups attached to an aromatic ring is 1. The van der Waals surface area contributed by atoms with E-state index in [0.29, 0.717) is 23.8 Å². The van der Waals surface area contributed by atoms with Gasteiger partial charge in [-0.15, -0.1) is 0 Å². The van der Waals surface area contributed by atoms with Crippen molar-refractivity contribution in [1.82, 2.24) is 5.32 Å². The summed E-state index contributed by atoms with van der Waals surface area (Å²) in [5.41, 5.74) is 9.26. The van der Waals surface area contributed by atoms with Gasteiger partial charge in [0.1, 0.15) is 17.6 Å². The number of hydrogen-bond acceptors (Lipinski definition) is 6. The van der Waals surface area contributed by atoms with Gasteiger partial charge in [0.15, 0.2) is 9.84 Å². The van der Waals surface area contributed by atoms with Gasteiger partial charge in [-0.25, -0.2) is 8.42 Å². The number of halogens is 1. The molecule has 3 atom stereocenters. The van der Waals surface area contributed by atoms with Crippen molar-refractivity contribution in [2.75, 3.05) is 25.1 Å². The lowest BCUT2D eigenvalue weighted by Gasteiger charge is -2.30. The van der Waals surface area contributed by atoms with E-state index in [0.717, 1.165) is 61.7 Å². The molecule has 6 nitrogen and oxygen atoms in total. The van der Waals surface area contributed by atoms with Gasteiger partial charge in [0.2, 0.25) is 0 Å². The average Bonchev–Trinajstić information content (AvgIpc) is 3.06. The molecule has 178 valence electrons. The highest BCUT2D eigenvalue weighted by atomic mass is 35.5. The van der Waals surface area contributed by atoms with Crippen LogP contribution < -0.4 is 15.8 Å². The average molecular weight is 491 g/mol. The first-order valence-electron chi connectivity index (χ1n) is 11.3. The Kier molecular flexibility index (Phi) is 6.93. The highest BCUT2D eigenvalue weighted by Crippen LogP contribution is 2.49. The number of phenolic OH excluding ortho intramolecular Hbond substituents is 1. The first-order chi connectivity index (χ1) is 15.6. The quantitative estimate of drug-likeness (QED) is 0.416. The fraction of sp³-hybridized carbons (Fsp3) is 0.440. The highest BCUT2D eigenvalue weighted by Gasteiger charge is 2.40. The minimum absolute atomic E-state index is 0.0530. The van der Waals surface area contributed by atoms with Crippen molar-refractivity contribution in [2.45, 2.75) is 43.1 Å². The third kappa shape index (κ3) is 5.15. The molecule has 2 aromatic carbocycles. The Morgan fingerprint density at radius 2 is 2.00 bits per heavy atom. The maximum atomic E-state index is 11.9. The van der Waals surface area contributed by atoms with Crippen LogP contribution in [0.25, 0.3) is 0 Å². The van der Waals surface area contributed by atoms with Crippen molar-refractivity contribution in [3.63, 3.8) is 0 Å². The van der Waals surface area contributed by atoms with Gasteiger partial charge in [0, 0.05) is 35.1 Å². The Morgan fingerprint density at radius 1 is 1.21 bits per heavy atom. The molecule has 1 fully saturated rings. The maximum absolute atomic E-state index is 11.9. The number of benzene rings is 2. The van der Waals surface area contributed by atoms with Gasteiger partial charge < -0.3 is 20.9 Å². The summed E-state index contributed by atoms with van der Waals surface area (Å²) < 4.78 is 30.2. The number of nitrogens with two attached hydrogens (primary N) is 1. The van der Waals surface area contributed by atoms with Crippen molar-refractivity contribution in [2.24, 2.45) is 11.8 Å². The van der Waals surface area contributed by atoms with Crippen LogP contribution >= 0.6 is 11.6 Å². The summed E-state index contributed by atoms with van der Waals surface area (Å²) in [6.07, 6.45) is 5.69. The predicted molar refractivity (Wildman–Crippen MR) is 132 cm³/mol. The molecule has 1 heterocycles. The Bertz CT molecular complexity index is 1160. The number of rotatable bonds is 5. The molecule has 0 aromatic heterocycles. The molecule has 1 aliphatic carbocycles. The van der Waals surface area contributed by atoms with E-state index < -0.39 is 15.9 Å². The summed E-state index contributed by atoms with van der Waals surface area (Å²) in [6, 6.07) is 7.89. The van der Waals surface area contributed by atoms with Gasteiger partial charge in [-0.3, -0.25) is 0 Å². The summed E-state index contributed by atoms with van der Waals surface area (Å²) in [5.74, 6) is 0.848. The Balaban J connectivity index is 1.68. The number of anilines is 1. The molecule has 3 unspecified atom stereocenters. The van der Waals surface area contributed by atoms with Crippen LogP contribution in [0.1, 0.15) is 42.9 Å². The maximum Gasteiger partial charge on any atom is 0.175 e. The Labute approximate surface area is 200 Å². The van der Waals surface area contributed by atoms with Crippen LogP contribution in [0.15, 0.2) is 47.4 Å². The fourth-order valence-corrected chi connectivity index (χ4v) is 5.93. The van der Waals surface area contributed by atoms with Crippen molar-refractivity contribution >= 4 is 27.1 Å². The Morgan fingerprint density at radius 3 is 2.73 bits per heavy atom. The van der Waals surface area contributed by atoms with Gasteiger partial charge in [-0.05, 0) is 69.0 Å². The summed E-state index contributed by atoms with van der Waals surface area (Å²) in [7, 11) is -3.38. The van der Waals surface area contributed by atoms with Gasteiger partial charge in [0.05, 0.1) is 9.92 Å². The third-order valence-electron chi connectivity index (χ3n) is 6.79. The van der Waals surface area contributed by atoms with Crippen LogP contribution in [0.4, 0.5) is 5.69 Å². The summed E-state index contributed by atoms with van der Waals surface area (Å²) >= 11 is 6.42. The second kappa shape index (κ2) is 9.57. The number of nitrogens with one attached hydrogen (secondary N) is 1. The summed E-state index contributed by atoms with van der Waals surface area (Å²) in [5, 5.41) is 14.3. The molecule has 4 rings (SSSR count). The lowest BCUT2D eigenvalue weighted by Crippen LogP contribution is -2.26. The van der Waals surface area contributed by atoms with Crippen molar-refractivity contribution < 1.29 is 18.3 Å². The lowest BCUT2D eigenvalue weighted by atomic mass is 9.81. The molecule has 1 aliphatic heterocycles. The number of phenols is 1. The van der Waals surface area contributed by atoms with Gasteiger partial charge in [-0.1, -0.05) is 30.2 Å². The molecular weight excluding hydrogens is 460 g/mol. The first kappa shape index (κ1) is 23.9. The van der Waals surface area contributed by atoms with E-state index in [4.69, 9.17) is 22.1 Å². The molecule has 33 heavy (non-hydrogen) atoms. The third-order valence-corrected chi connectivity index (χ3v) is 8.20. The molecule has 0 saturated carbocycles. The van der Waals surface area contributed by atoms with Crippen molar-refractivity contribution in [3.05, 3.63) is 58.6 Å². The minimum Gasteiger partial charge on any atom is -0.508 e. The molecule has 2 aromatic rings. The number of aromatic hydroxyl groups is 1. The van der Waals surface area contributed by atoms with E-state index in [1.54, 1.807) is 12.1 Å². The normalized spacial score (nSPS) is 23.4. The first-order valence-corrected chi connectivity index (χ1v) is 13.6. The second-order valence-electron chi connectivity index (χ2n) is 9.13. The highest BCUT2D eigenvalue weighted by molar-refractivity contribution is 7.90. The predicted octanol–water partition coefficient (Wildman–Crippen LogP) is 4.66. The van der Waals surface area contributed by atoms with Gasteiger partial charge in [-0.2, -0.15) is 0 Å². The van der Waals surface area contributed by atoms with Crippen LogP contribution in [-0.2, 0) is 16.3 Å². The van der Waals surface area contributed by atoms with Crippen LogP contribution in [0.2, 0.25) is 5.02 Å². The van der Waals surface area contributed by atoms with Crippen LogP contribution in [0, 0.1) is 11.8 Å². The monoisotopic (exact) mass is 490 g/mol. The van der Waals surface area contributed by atoms with Gasteiger partial charge in [0.25, 0.3) is 0 Å². The second-order valence-corrected chi connectivity index (χ2v) is 11.6. The van der Waals surface area contributed by atoms with Crippen molar-refractivity contribution in [1.29, 1.82) is 0 Å². The zero-order chi connectivity index (χ0) is 23.8. The van der Waals surface area contributed by atoms with E-state index in [1.807, 2.05) is 6.07 Å². The molecule has 0 amide bonds. The van der Waals surface area contributed by atoms with E-state index in [1.165, 1.54) is 12.1 Å². The summed E-state index contributed by atoms with van der Waals surface area (Å²) in [4.78, 5) is 0.136. The topological polar surface area (TPSA) is 102 Å². The zero-order valence-corrected chi connectivity index (χ0v) is 20.4. The minimum atomic E-state index is -3.38. The van der Waals surface area contributed by atoms with E-state index in [9.17, 15) is 13.5 Å². The van der Waals surface area contributed by atoms with Gasteiger partial charge >= 0.3 is 0 Å². The number of sulfone groups is 1. The molecule has 0 spiro atoms. The molecule has 8 heteroatoms. The van der Waals surface area contributed by atoms with Crippen LogP contribution in [0.5, 0.6) is 11.5 Å². The summed E-state index contributed by atoms with van der Waals surface area (Å²) in [6.45, 7) is 6.50. The zero-order valence-electron chi connectivity index (χ0n) is 18.8. The largest absolute Gasteiger partial charge is 0.508 e. The molecule has 4 N–H and O–H groups in total. The van der Waals surface area contributed by atoms with E-state index in [-0.39, 0.29) is 21.6 Å². The van der Waals surface area contributed by atoms with Crippen LogP contribution in [0.3, 0.4) is 0 Å². The number of fused-ring (bicyclic) bond motifs is 1. The molecule has 0 radical (unpaired) electrons. The molecular formula is C25H31ClN2O4S. The molecule has 1 saturated heterocycles. The SMILES string of the molecule is C=C(C1CCCCNCC1)C1Cc2c(O)cc(N)cc2C1Oc1ccc(S(C)(=O)=O)cc1Cl. The number of hydrogen-bond donors (Lipinski definition) is 3. The smallest absolute Gasteiger partial charge is 0.175 e.